The van der Waals surface area contributed by atoms with Crippen molar-refractivity contribution in [2.75, 3.05) is 5.73 Å². The first-order valence-corrected chi connectivity index (χ1v) is 9.89. The second-order valence-corrected chi connectivity index (χ2v) is 7.09. The lowest BCUT2D eigenvalue weighted by Gasteiger charge is -2.20. The molecule has 1 heterocycles. The van der Waals surface area contributed by atoms with E-state index in [0.717, 1.165) is 12.0 Å². The van der Waals surface area contributed by atoms with Gasteiger partial charge >= 0.3 is 0 Å². The molecule has 1 atom stereocenters. The van der Waals surface area contributed by atoms with Gasteiger partial charge in [0.25, 0.3) is 5.91 Å². The first kappa shape index (κ1) is 19.6. The Labute approximate surface area is 174 Å². The number of nitrogens with zero attached hydrogens (tertiary/aromatic N) is 1. The average molecular weight is 399 g/mol. The Morgan fingerprint density at radius 2 is 1.67 bits per heavy atom. The van der Waals surface area contributed by atoms with Crippen molar-refractivity contribution < 1.29 is 9.18 Å². The molecule has 0 saturated carbocycles. The van der Waals surface area contributed by atoms with E-state index in [4.69, 9.17) is 5.73 Å². The fourth-order valence-electron chi connectivity index (χ4n) is 3.67. The number of pyridine rings is 1. The van der Waals surface area contributed by atoms with Crippen molar-refractivity contribution in [3.8, 4) is 11.3 Å². The van der Waals surface area contributed by atoms with Crippen LogP contribution >= 0.6 is 0 Å². The van der Waals surface area contributed by atoms with E-state index in [1.165, 1.54) is 6.07 Å². The number of fused-ring (bicyclic) bond motifs is 1. The quantitative estimate of drug-likeness (QED) is 0.465. The highest BCUT2D eigenvalue weighted by Gasteiger charge is 2.23. The van der Waals surface area contributed by atoms with Gasteiger partial charge in [0.05, 0.1) is 28.5 Å². The highest BCUT2D eigenvalue weighted by molar-refractivity contribution is 6.12. The van der Waals surface area contributed by atoms with Gasteiger partial charge < -0.3 is 11.1 Å². The van der Waals surface area contributed by atoms with Crippen LogP contribution in [-0.4, -0.2) is 10.9 Å². The molecule has 0 saturated heterocycles. The van der Waals surface area contributed by atoms with Crippen LogP contribution in [0.3, 0.4) is 0 Å². The van der Waals surface area contributed by atoms with Crippen LogP contribution in [0.15, 0.2) is 78.9 Å². The van der Waals surface area contributed by atoms with Crippen molar-refractivity contribution >= 4 is 22.5 Å². The number of nitrogens with one attached hydrogen (secondary N) is 1. The van der Waals surface area contributed by atoms with Gasteiger partial charge in [0.2, 0.25) is 0 Å². The molecule has 0 bridgehead atoms. The molecule has 5 heteroatoms. The molecule has 1 aromatic heterocycles. The number of para-hydroxylation sites is 1. The number of anilines is 1. The summed E-state index contributed by atoms with van der Waals surface area (Å²) in [5.41, 5.74) is 9.03. The second-order valence-electron chi connectivity index (χ2n) is 7.09. The number of nitrogen functional groups attached to an aromatic ring is 1. The first-order valence-electron chi connectivity index (χ1n) is 9.89. The molecular weight excluding hydrogens is 377 g/mol. The second kappa shape index (κ2) is 8.33. The highest BCUT2D eigenvalue weighted by Crippen LogP contribution is 2.34. The third-order valence-corrected chi connectivity index (χ3v) is 5.20. The minimum Gasteiger partial charge on any atom is -0.396 e. The van der Waals surface area contributed by atoms with Crippen LogP contribution in [-0.2, 0) is 0 Å². The maximum Gasteiger partial charge on any atom is 0.254 e. The van der Waals surface area contributed by atoms with Crippen molar-refractivity contribution in [1.29, 1.82) is 0 Å². The van der Waals surface area contributed by atoms with Gasteiger partial charge in [-0.05, 0) is 30.2 Å². The van der Waals surface area contributed by atoms with Gasteiger partial charge in [-0.2, -0.15) is 0 Å². The summed E-state index contributed by atoms with van der Waals surface area (Å²) in [6.45, 7) is 2.01. The van der Waals surface area contributed by atoms with E-state index < -0.39 is 5.82 Å². The highest BCUT2D eigenvalue weighted by atomic mass is 19.1. The molecule has 0 aliphatic carbocycles. The Morgan fingerprint density at radius 1 is 1.00 bits per heavy atom. The molecular formula is C25H22FN3O. The zero-order chi connectivity index (χ0) is 21.1. The summed E-state index contributed by atoms with van der Waals surface area (Å²) in [5, 5.41) is 3.72. The Balaban J connectivity index is 1.84. The van der Waals surface area contributed by atoms with Gasteiger partial charge in [0.1, 0.15) is 5.82 Å². The summed E-state index contributed by atoms with van der Waals surface area (Å²) in [6.07, 6.45) is 0.721. The monoisotopic (exact) mass is 399 g/mol. The summed E-state index contributed by atoms with van der Waals surface area (Å²) >= 11 is 0. The molecule has 3 N–H and O–H groups in total. The Morgan fingerprint density at radius 3 is 2.40 bits per heavy atom. The van der Waals surface area contributed by atoms with Crippen molar-refractivity contribution in [2.24, 2.45) is 0 Å². The number of halogens is 1. The summed E-state index contributed by atoms with van der Waals surface area (Å²) in [5.74, 6) is -0.742. The van der Waals surface area contributed by atoms with E-state index in [-0.39, 0.29) is 28.9 Å². The standard InChI is InChI=1S/C25H22FN3O/c1-2-20(16-10-4-3-5-11-16)29-25(30)22-18-13-7-9-15-21(18)28-24(23(22)27)17-12-6-8-14-19(17)26/h3-15,20H,2,27H2,1H3,(H,29,30)/t20-/m0/s1. The number of rotatable bonds is 5. The van der Waals surface area contributed by atoms with Crippen molar-refractivity contribution in [3.05, 3.63) is 95.8 Å². The van der Waals surface area contributed by atoms with Crippen molar-refractivity contribution in [2.45, 2.75) is 19.4 Å². The van der Waals surface area contributed by atoms with Gasteiger partial charge in [-0.15, -0.1) is 0 Å². The first-order chi connectivity index (χ1) is 14.6. The number of amides is 1. The molecule has 0 spiro atoms. The van der Waals surface area contributed by atoms with Crippen LogP contribution in [0, 0.1) is 5.82 Å². The lowest BCUT2D eigenvalue weighted by atomic mass is 9.99. The van der Waals surface area contributed by atoms with E-state index in [1.54, 1.807) is 24.3 Å². The van der Waals surface area contributed by atoms with Crippen LogP contribution in [0.25, 0.3) is 22.2 Å². The minimum absolute atomic E-state index is 0.165. The van der Waals surface area contributed by atoms with Crippen LogP contribution in [0.5, 0.6) is 0 Å². The predicted molar refractivity (Wildman–Crippen MR) is 118 cm³/mol. The van der Waals surface area contributed by atoms with Crippen molar-refractivity contribution in [1.82, 2.24) is 10.3 Å². The molecule has 4 nitrogen and oxygen atoms in total. The van der Waals surface area contributed by atoms with Crippen LogP contribution < -0.4 is 11.1 Å². The number of benzene rings is 3. The van der Waals surface area contributed by atoms with E-state index in [0.29, 0.717) is 16.5 Å². The zero-order valence-corrected chi connectivity index (χ0v) is 16.6. The molecule has 150 valence electrons. The SMILES string of the molecule is CC[C@H](NC(=O)c1c(N)c(-c2ccccc2F)nc2ccccc12)c1ccccc1. The lowest BCUT2D eigenvalue weighted by Crippen LogP contribution is -2.29. The van der Waals surface area contributed by atoms with Gasteiger partial charge in [-0.3, -0.25) is 4.79 Å². The predicted octanol–water partition coefficient (Wildman–Crippen LogP) is 5.50. The Hall–Kier alpha value is -3.73. The summed E-state index contributed by atoms with van der Waals surface area (Å²) in [4.78, 5) is 17.9. The number of hydrogen-bond acceptors (Lipinski definition) is 3. The van der Waals surface area contributed by atoms with Gasteiger partial charge in [0.15, 0.2) is 0 Å². The topological polar surface area (TPSA) is 68.0 Å². The molecule has 0 radical (unpaired) electrons. The molecule has 0 aliphatic heterocycles. The van der Waals surface area contributed by atoms with Crippen molar-refractivity contribution in [3.63, 3.8) is 0 Å². The zero-order valence-electron chi connectivity index (χ0n) is 16.6. The summed E-state index contributed by atoms with van der Waals surface area (Å²) < 4.78 is 14.5. The fraction of sp³-hybridized carbons (Fsp3) is 0.120. The summed E-state index contributed by atoms with van der Waals surface area (Å²) in [7, 11) is 0. The average Bonchev–Trinajstić information content (AvgIpc) is 2.78. The number of hydrogen-bond donors (Lipinski definition) is 2. The third kappa shape index (κ3) is 3.62. The van der Waals surface area contributed by atoms with E-state index >= 15 is 0 Å². The van der Waals surface area contributed by atoms with E-state index in [9.17, 15) is 9.18 Å². The maximum absolute atomic E-state index is 14.5. The molecule has 30 heavy (non-hydrogen) atoms. The Bertz CT molecular complexity index is 1210. The van der Waals surface area contributed by atoms with Crippen LogP contribution in [0.1, 0.15) is 35.3 Å². The van der Waals surface area contributed by atoms with Crippen LogP contribution in [0.4, 0.5) is 10.1 Å². The number of nitrogens with two attached hydrogens (primary N) is 1. The number of carbonyl (C=O) groups excluding carboxylic acids is 1. The number of carbonyl (C=O) groups is 1. The van der Waals surface area contributed by atoms with E-state index in [2.05, 4.69) is 10.3 Å². The minimum atomic E-state index is -0.436. The van der Waals surface area contributed by atoms with Crippen LogP contribution in [0.2, 0.25) is 0 Å². The normalized spacial score (nSPS) is 11.9. The molecule has 0 fully saturated rings. The smallest absolute Gasteiger partial charge is 0.254 e. The molecule has 4 rings (SSSR count). The molecule has 0 aliphatic rings. The van der Waals surface area contributed by atoms with Gasteiger partial charge in [-0.25, -0.2) is 9.37 Å². The third-order valence-electron chi connectivity index (χ3n) is 5.20. The Kier molecular flexibility index (Phi) is 5.44. The molecule has 1 amide bonds. The molecule has 3 aromatic carbocycles. The van der Waals surface area contributed by atoms with Gasteiger partial charge in [-0.1, -0.05) is 67.6 Å². The van der Waals surface area contributed by atoms with Gasteiger partial charge in [0, 0.05) is 10.9 Å². The largest absolute Gasteiger partial charge is 0.396 e. The molecule has 4 aromatic rings. The summed E-state index contributed by atoms with van der Waals surface area (Å²) in [6, 6.07) is 23.2. The lowest BCUT2D eigenvalue weighted by molar-refractivity contribution is 0.0938. The fourth-order valence-corrected chi connectivity index (χ4v) is 3.67. The molecule has 0 unspecified atom stereocenters. The number of aromatic nitrogens is 1. The maximum atomic E-state index is 14.5. The van der Waals surface area contributed by atoms with E-state index in [1.807, 2.05) is 55.5 Å².